The van der Waals surface area contributed by atoms with Crippen LogP contribution in [0.5, 0.6) is 0 Å². The van der Waals surface area contributed by atoms with Gasteiger partial charge in [0, 0.05) is 121 Å². The Hall–Kier alpha value is 4.23. The zero-order valence-corrected chi connectivity index (χ0v) is 15.0. The van der Waals surface area contributed by atoms with Crippen molar-refractivity contribution in [3.63, 3.8) is 0 Å². The molecule has 0 radical (unpaired) electrons. The van der Waals surface area contributed by atoms with E-state index >= 15 is 0 Å². The summed E-state index contributed by atoms with van der Waals surface area (Å²) in [6.45, 7) is 0. The fourth-order valence-corrected chi connectivity index (χ4v) is 0. The van der Waals surface area contributed by atoms with Gasteiger partial charge in [0.1, 0.15) is 0 Å². The van der Waals surface area contributed by atoms with E-state index in [0.29, 0.717) is 0 Å². The van der Waals surface area contributed by atoms with Crippen LogP contribution in [-0.2, 0) is 9.13 Å². The predicted octanol–water partition coefficient (Wildman–Crippen LogP) is -5.65. The van der Waals surface area contributed by atoms with Gasteiger partial charge in [0.25, 0.3) is 0 Å². The van der Waals surface area contributed by atoms with E-state index in [-0.39, 0.29) is 121 Å². The minimum absolute atomic E-state index is 0. The van der Waals surface area contributed by atoms with Gasteiger partial charge in [0.05, 0.1) is 0 Å². The van der Waals surface area contributed by atoms with Gasteiger partial charge in [-0.2, -0.15) is 15.6 Å². The van der Waals surface area contributed by atoms with Crippen molar-refractivity contribution in [3.8, 4) is 0 Å². The summed E-state index contributed by atoms with van der Waals surface area (Å²) in [4.78, 5) is 51.3. The maximum absolute atomic E-state index is 8.55. The van der Waals surface area contributed by atoms with Crippen LogP contribution in [0.25, 0.3) is 0 Å². The molecule has 0 aromatic rings. The number of rotatable bonds is 0. The molecule has 0 rings (SSSR count). The first-order valence-electron chi connectivity index (χ1n) is 1.46. The van der Waals surface area contributed by atoms with Crippen LogP contribution in [0.3, 0.4) is 0 Å². The Bertz CT molecular complexity index is 130. The second-order valence-electron chi connectivity index (χ2n) is 0.894. The molecular weight excluding hydrogens is 641 g/mol. The SMILES string of the molecule is O=P([O-])([O-])[O-].O=P([O-])([O-])[O-].[Sm].[Sm].[Sm]. The van der Waals surface area contributed by atoms with E-state index < -0.39 is 15.6 Å². The second kappa shape index (κ2) is 14.3. The summed E-state index contributed by atoms with van der Waals surface area (Å²) in [6.07, 6.45) is 0. The number of phosphoric acid groups is 2. The first-order valence-corrected chi connectivity index (χ1v) is 4.38. The zero-order chi connectivity index (χ0) is 9.00. The normalized spacial score (nSPS) is 9.08. The van der Waals surface area contributed by atoms with Crippen LogP contribution in [0.15, 0.2) is 0 Å². The van der Waals surface area contributed by atoms with Crippen molar-refractivity contribution >= 4 is 15.6 Å². The summed E-state index contributed by atoms with van der Waals surface area (Å²) in [5.41, 5.74) is 0. The molecule has 8 nitrogen and oxygen atoms in total. The summed E-state index contributed by atoms with van der Waals surface area (Å²) in [7, 11) is -10.8. The van der Waals surface area contributed by atoms with Crippen LogP contribution in [0, 0.1) is 121 Å². The Labute approximate surface area is 171 Å². The van der Waals surface area contributed by atoms with Crippen LogP contribution < -0.4 is 29.4 Å². The Kier molecular flexibility index (Phi) is 33.4. The van der Waals surface area contributed by atoms with E-state index in [9.17, 15) is 0 Å². The van der Waals surface area contributed by atoms with Crippen LogP contribution >= 0.6 is 15.6 Å². The second-order valence-corrected chi connectivity index (χ2v) is 2.68. The van der Waals surface area contributed by atoms with E-state index in [1.165, 1.54) is 0 Å². The van der Waals surface area contributed by atoms with Gasteiger partial charge in [0.2, 0.25) is 0 Å². The first kappa shape index (κ1) is 30.3. The van der Waals surface area contributed by atoms with E-state index in [2.05, 4.69) is 0 Å². The molecule has 82 valence electrons. The van der Waals surface area contributed by atoms with Crippen LogP contribution in [0.1, 0.15) is 0 Å². The molecule has 0 aromatic heterocycles. The molecule has 13 heteroatoms. The summed E-state index contributed by atoms with van der Waals surface area (Å²) >= 11 is 0. The van der Waals surface area contributed by atoms with Gasteiger partial charge < -0.3 is 38.5 Å². The predicted molar refractivity (Wildman–Crippen MR) is 15.2 cm³/mol. The smallest absolute Gasteiger partial charge is 0 e. The largest absolute Gasteiger partial charge is 0.822 e. The van der Waals surface area contributed by atoms with E-state index in [4.69, 9.17) is 38.5 Å². The third-order valence-corrected chi connectivity index (χ3v) is 0. The molecule has 0 saturated heterocycles. The van der Waals surface area contributed by atoms with Crippen LogP contribution in [-0.4, -0.2) is 0 Å². The quantitative estimate of drug-likeness (QED) is 0.236. The molecule has 0 fully saturated rings. The summed E-state index contributed by atoms with van der Waals surface area (Å²) < 4.78 is 17.1. The van der Waals surface area contributed by atoms with Crippen molar-refractivity contribution in [2.75, 3.05) is 0 Å². The van der Waals surface area contributed by atoms with E-state index in [1.807, 2.05) is 0 Å². The summed E-state index contributed by atoms with van der Waals surface area (Å²) in [5.74, 6) is 0. The molecule has 0 amide bonds. The van der Waals surface area contributed by atoms with Crippen molar-refractivity contribution in [3.05, 3.63) is 0 Å². The van der Waals surface area contributed by atoms with Gasteiger partial charge in [-0.3, -0.25) is 0 Å². The molecule has 0 bridgehead atoms. The Balaban J connectivity index is -0.0000000267. The molecule has 0 aliphatic heterocycles. The van der Waals surface area contributed by atoms with E-state index in [0.717, 1.165) is 0 Å². The maximum Gasteiger partial charge on any atom is 0 e. The van der Waals surface area contributed by atoms with Crippen molar-refractivity contribution in [2.45, 2.75) is 0 Å². The molecule has 0 unspecified atom stereocenters. The van der Waals surface area contributed by atoms with Gasteiger partial charge in [-0.1, -0.05) is 0 Å². The van der Waals surface area contributed by atoms with Gasteiger partial charge in [-0.25, -0.2) is 0 Å². The molecular formula is O8P2Sm3-6. The molecule has 0 aliphatic carbocycles. The monoisotopic (exact) mass is 646 g/mol. The zero-order valence-electron chi connectivity index (χ0n) is 5.39. The number of hydrogen-bond donors (Lipinski definition) is 0. The Morgan fingerprint density at radius 1 is 0.538 bits per heavy atom. The molecule has 0 saturated carbocycles. The first-order chi connectivity index (χ1) is 4.00. The maximum atomic E-state index is 8.55. The van der Waals surface area contributed by atoms with Gasteiger partial charge >= 0.3 is 0 Å². The Morgan fingerprint density at radius 3 is 0.538 bits per heavy atom. The minimum Gasteiger partial charge on any atom is -0.822 e. The standard InChI is InChI=1S/2H3O4P.3Sm/c2*1-5(2,3)4;;;/h2*(H3,1,2,3,4);;;/p-6. The third kappa shape index (κ3) is 184. The van der Waals surface area contributed by atoms with Crippen LogP contribution in [0.4, 0.5) is 0 Å². The summed E-state index contributed by atoms with van der Waals surface area (Å²) in [5, 5.41) is 0. The van der Waals surface area contributed by atoms with Crippen molar-refractivity contribution < 1.29 is 160 Å². The molecule has 0 N–H and O–H groups in total. The summed E-state index contributed by atoms with van der Waals surface area (Å²) in [6, 6.07) is 0. The fourth-order valence-electron chi connectivity index (χ4n) is 0. The Morgan fingerprint density at radius 2 is 0.538 bits per heavy atom. The van der Waals surface area contributed by atoms with Gasteiger partial charge in [0.15, 0.2) is 0 Å². The molecule has 0 atom stereocenters. The average Bonchev–Trinajstić information content (AvgIpc) is 1.12. The van der Waals surface area contributed by atoms with Gasteiger partial charge in [-0.05, 0) is 0 Å². The topological polar surface area (TPSA) is 172 Å². The molecule has 0 aromatic carbocycles. The number of hydrogen-bond acceptors (Lipinski definition) is 8. The van der Waals surface area contributed by atoms with E-state index in [1.54, 1.807) is 0 Å². The molecule has 13 heavy (non-hydrogen) atoms. The van der Waals surface area contributed by atoms with Crippen molar-refractivity contribution in [1.82, 2.24) is 0 Å². The van der Waals surface area contributed by atoms with Crippen molar-refractivity contribution in [1.29, 1.82) is 0 Å². The molecule has 0 spiro atoms. The van der Waals surface area contributed by atoms with Crippen molar-refractivity contribution in [2.24, 2.45) is 0 Å². The average molecular weight is 641 g/mol. The molecule has 0 heterocycles. The minimum atomic E-state index is -5.39. The fraction of sp³-hybridized carbons (Fsp3) is 0. The third-order valence-electron chi connectivity index (χ3n) is 0. The molecule has 0 aliphatic rings. The van der Waals surface area contributed by atoms with Gasteiger partial charge in [-0.15, -0.1) is 0 Å². The van der Waals surface area contributed by atoms with Crippen LogP contribution in [0.2, 0.25) is 0 Å².